The first kappa shape index (κ1) is 14.5. The van der Waals surface area contributed by atoms with E-state index in [1.165, 1.54) is 0 Å². The summed E-state index contributed by atoms with van der Waals surface area (Å²) in [4.78, 5) is 4.61. The molecule has 1 heterocycles. The van der Waals surface area contributed by atoms with Gasteiger partial charge in [0.2, 0.25) is 0 Å². The first-order valence-electron chi connectivity index (χ1n) is 7.56. The third kappa shape index (κ3) is 2.88. The molecule has 4 aromatic rings. The minimum Gasteiger partial charge on any atom is -0.507 e. The van der Waals surface area contributed by atoms with Crippen LogP contribution in [0.1, 0.15) is 11.1 Å². The highest BCUT2D eigenvalue weighted by Crippen LogP contribution is 2.35. The number of nitrogens with zero attached hydrogens (tertiary/aromatic N) is 1. The summed E-state index contributed by atoms with van der Waals surface area (Å²) < 4.78 is 1.10. The zero-order chi connectivity index (χ0) is 16.4. The maximum atomic E-state index is 10.2. The van der Waals surface area contributed by atoms with Gasteiger partial charge in [-0.3, -0.25) is 0 Å². The fraction of sp³-hybridized carbons (Fsp3) is 0. The van der Waals surface area contributed by atoms with Crippen molar-refractivity contribution < 1.29 is 5.11 Å². The normalized spacial score (nSPS) is 10.3. The molecule has 3 heteroatoms. The molecule has 0 spiro atoms. The summed E-state index contributed by atoms with van der Waals surface area (Å²) in [6, 6.07) is 23.2. The molecule has 24 heavy (non-hydrogen) atoms. The topological polar surface area (TPSA) is 33.1 Å². The van der Waals surface area contributed by atoms with Gasteiger partial charge in [0.15, 0.2) is 0 Å². The van der Waals surface area contributed by atoms with Gasteiger partial charge in [0.05, 0.1) is 15.8 Å². The molecule has 0 saturated carbocycles. The number of rotatable bonds is 1. The molecular weight excluding hydrogens is 314 g/mol. The Labute approximate surface area is 144 Å². The van der Waals surface area contributed by atoms with Gasteiger partial charge >= 0.3 is 0 Å². The Morgan fingerprint density at radius 3 is 2.38 bits per heavy atom. The van der Waals surface area contributed by atoms with Crippen molar-refractivity contribution in [1.82, 2.24) is 4.98 Å². The molecule has 0 saturated heterocycles. The Bertz CT molecular complexity index is 1040. The van der Waals surface area contributed by atoms with E-state index in [1.807, 2.05) is 66.7 Å². The third-order valence-corrected chi connectivity index (χ3v) is 4.72. The molecule has 1 aromatic heterocycles. The van der Waals surface area contributed by atoms with E-state index < -0.39 is 0 Å². The first-order valence-corrected chi connectivity index (χ1v) is 8.37. The zero-order valence-electron chi connectivity index (χ0n) is 12.7. The van der Waals surface area contributed by atoms with Gasteiger partial charge in [-0.1, -0.05) is 42.2 Å². The minimum absolute atomic E-state index is 0.222. The Morgan fingerprint density at radius 2 is 1.54 bits per heavy atom. The van der Waals surface area contributed by atoms with E-state index in [4.69, 9.17) is 0 Å². The largest absolute Gasteiger partial charge is 0.507 e. The Morgan fingerprint density at radius 1 is 0.792 bits per heavy atom. The lowest BCUT2D eigenvalue weighted by Gasteiger charge is -2.01. The number of aromatic nitrogens is 1. The Balaban J connectivity index is 1.75. The smallest absolute Gasteiger partial charge is 0.128 e. The average Bonchev–Trinajstić information content (AvgIpc) is 3.06. The van der Waals surface area contributed by atoms with Crippen molar-refractivity contribution >= 4 is 21.6 Å². The number of fused-ring (bicyclic) bond motifs is 1. The highest BCUT2D eigenvalue weighted by molar-refractivity contribution is 7.21. The van der Waals surface area contributed by atoms with E-state index in [9.17, 15) is 5.11 Å². The van der Waals surface area contributed by atoms with Crippen molar-refractivity contribution in [3.8, 4) is 28.2 Å². The van der Waals surface area contributed by atoms with Gasteiger partial charge < -0.3 is 5.11 Å². The molecule has 0 fully saturated rings. The number of aromatic hydroxyl groups is 1. The van der Waals surface area contributed by atoms with Crippen molar-refractivity contribution in [1.29, 1.82) is 0 Å². The fourth-order valence-electron chi connectivity index (χ4n) is 2.44. The fourth-order valence-corrected chi connectivity index (χ4v) is 3.43. The molecule has 0 atom stereocenters. The summed E-state index contributed by atoms with van der Waals surface area (Å²) in [5.41, 5.74) is 3.48. The second kappa shape index (κ2) is 6.19. The highest BCUT2D eigenvalue weighted by Gasteiger charge is 2.10. The van der Waals surface area contributed by atoms with Gasteiger partial charge in [0.1, 0.15) is 10.8 Å². The van der Waals surface area contributed by atoms with E-state index in [-0.39, 0.29) is 5.75 Å². The molecule has 0 unspecified atom stereocenters. The number of hydrogen-bond donors (Lipinski definition) is 1. The molecule has 3 aromatic carbocycles. The quantitative estimate of drug-likeness (QED) is 0.495. The predicted molar refractivity (Wildman–Crippen MR) is 99.1 cm³/mol. The van der Waals surface area contributed by atoms with Crippen LogP contribution in [-0.2, 0) is 0 Å². The van der Waals surface area contributed by atoms with Crippen molar-refractivity contribution in [2.24, 2.45) is 0 Å². The van der Waals surface area contributed by atoms with E-state index in [0.717, 1.165) is 31.9 Å². The van der Waals surface area contributed by atoms with Gasteiger partial charge in [-0.25, -0.2) is 4.98 Å². The van der Waals surface area contributed by atoms with E-state index in [2.05, 4.69) is 16.8 Å². The van der Waals surface area contributed by atoms with Crippen LogP contribution in [0.4, 0.5) is 0 Å². The van der Waals surface area contributed by atoms with Gasteiger partial charge in [-0.2, -0.15) is 0 Å². The lowest BCUT2D eigenvalue weighted by atomic mass is 10.1. The Hall–Kier alpha value is -3.09. The van der Waals surface area contributed by atoms with Crippen LogP contribution in [0.25, 0.3) is 20.8 Å². The van der Waals surface area contributed by atoms with Crippen LogP contribution in [0.2, 0.25) is 0 Å². The number of thiazole rings is 1. The van der Waals surface area contributed by atoms with Crippen molar-refractivity contribution in [2.75, 3.05) is 0 Å². The van der Waals surface area contributed by atoms with Crippen molar-refractivity contribution in [2.45, 2.75) is 0 Å². The minimum atomic E-state index is 0.222. The maximum absolute atomic E-state index is 10.2. The highest BCUT2D eigenvalue weighted by atomic mass is 32.1. The molecule has 0 bridgehead atoms. The zero-order valence-corrected chi connectivity index (χ0v) is 13.5. The summed E-state index contributed by atoms with van der Waals surface area (Å²) in [5, 5.41) is 11.0. The van der Waals surface area contributed by atoms with Crippen LogP contribution in [0.15, 0.2) is 72.8 Å². The van der Waals surface area contributed by atoms with Gasteiger partial charge in [0, 0.05) is 11.1 Å². The number of benzene rings is 3. The predicted octanol–water partition coefficient (Wildman–Crippen LogP) is 5.07. The summed E-state index contributed by atoms with van der Waals surface area (Å²) in [6.07, 6.45) is 0. The SMILES string of the molecule is Oc1ccc(C#Cc2ccccc2)cc1-c1nc2ccccc2s1. The number of hydrogen-bond acceptors (Lipinski definition) is 3. The first-order chi connectivity index (χ1) is 11.8. The lowest BCUT2D eigenvalue weighted by Crippen LogP contribution is -1.81. The molecule has 1 N–H and O–H groups in total. The monoisotopic (exact) mass is 327 g/mol. The number of phenols is 1. The molecule has 0 radical (unpaired) electrons. The van der Waals surface area contributed by atoms with E-state index in [1.54, 1.807) is 17.4 Å². The lowest BCUT2D eigenvalue weighted by molar-refractivity contribution is 0.477. The molecular formula is C21H13NOS. The molecule has 0 aliphatic rings. The molecule has 114 valence electrons. The summed E-state index contributed by atoms with van der Waals surface area (Å²) in [6.45, 7) is 0. The van der Waals surface area contributed by atoms with Crippen LogP contribution >= 0.6 is 11.3 Å². The van der Waals surface area contributed by atoms with Gasteiger partial charge in [0.25, 0.3) is 0 Å². The maximum Gasteiger partial charge on any atom is 0.128 e. The molecule has 4 rings (SSSR count). The molecule has 2 nitrogen and oxygen atoms in total. The van der Waals surface area contributed by atoms with E-state index in [0.29, 0.717) is 0 Å². The standard InChI is InChI=1S/C21H13NOS/c23-19-13-12-16(11-10-15-6-2-1-3-7-15)14-17(19)21-22-18-8-4-5-9-20(18)24-21/h1-9,12-14,23H. The van der Waals surface area contributed by atoms with E-state index >= 15 is 0 Å². The second-order valence-electron chi connectivity index (χ2n) is 5.33. The van der Waals surface area contributed by atoms with Crippen LogP contribution in [0, 0.1) is 11.8 Å². The van der Waals surface area contributed by atoms with Crippen molar-refractivity contribution in [3.05, 3.63) is 83.9 Å². The summed E-state index contributed by atoms with van der Waals surface area (Å²) >= 11 is 1.57. The second-order valence-corrected chi connectivity index (χ2v) is 6.37. The van der Waals surface area contributed by atoms with Crippen molar-refractivity contribution in [3.63, 3.8) is 0 Å². The van der Waals surface area contributed by atoms with Gasteiger partial charge in [-0.05, 0) is 42.5 Å². The molecule has 0 aliphatic carbocycles. The van der Waals surface area contributed by atoms with Crippen LogP contribution in [0.3, 0.4) is 0 Å². The van der Waals surface area contributed by atoms with Crippen LogP contribution < -0.4 is 0 Å². The van der Waals surface area contributed by atoms with Crippen LogP contribution in [-0.4, -0.2) is 10.1 Å². The number of phenolic OH excluding ortho intramolecular Hbond substituents is 1. The third-order valence-electron chi connectivity index (χ3n) is 3.65. The van der Waals surface area contributed by atoms with Gasteiger partial charge in [-0.15, -0.1) is 11.3 Å². The Kier molecular flexibility index (Phi) is 3.74. The summed E-state index contributed by atoms with van der Waals surface area (Å²) in [7, 11) is 0. The molecule has 0 amide bonds. The molecule has 0 aliphatic heterocycles. The summed E-state index contributed by atoms with van der Waals surface area (Å²) in [5.74, 6) is 6.51. The number of para-hydroxylation sites is 1. The van der Waals surface area contributed by atoms with Crippen LogP contribution in [0.5, 0.6) is 5.75 Å². The average molecular weight is 327 g/mol.